The Labute approximate surface area is 190 Å². The molecule has 0 spiro atoms. The van der Waals surface area contributed by atoms with Crippen molar-refractivity contribution in [1.29, 1.82) is 0 Å². The van der Waals surface area contributed by atoms with E-state index in [9.17, 15) is 18.0 Å². The van der Waals surface area contributed by atoms with Crippen LogP contribution in [0.1, 0.15) is 44.5 Å². The fraction of sp³-hybridized carbons (Fsp3) is 0.217. The summed E-state index contributed by atoms with van der Waals surface area (Å²) >= 11 is 1.36. The molecule has 1 aliphatic rings. The molecule has 0 radical (unpaired) electrons. The standard InChI is InChI=1S/C23H23N3O4S2/c1-14-11-12-17-19(13-14)31-23(20(17)21(24)27)25-22(28)16-9-5-6-10-18(16)26-32(29,30)15-7-3-2-4-8-15/h2-10,14,26H,11-13H2,1H3,(H2,24,27)(H,25,28). The summed E-state index contributed by atoms with van der Waals surface area (Å²) in [7, 11) is -3.87. The fourth-order valence-electron chi connectivity index (χ4n) is 3.84. The van der Waals surface area contributed by atoms with Crippen LogP contribution in [0.3, 0.4) is 0 Å². The number of primary amides is 1. The molecule has 32 heavy (non-hydrogen) atoms. The number of carbonyl (C=O) groups is 2. The Hall–Kier alpha value is -3.17. The first kappa shape index (κ1) is 22.0. The van der Waals surface area contributed by atoms with Gasteiger partial charge in [-0.25, -0.2) is 8.42 Å². The number of carbonyl (C=O) groups excluding carboxylic acids is 2. The van der Waals surface area contributed by atoms with E-state index in [2.05, 4.69) is 17.0 Å². The van der Waals surface area contributed by atoms with Crippen LogP contribution < -0.4 is 15.8 Å². The highest BCUT2D eigenvalue weighted by molar-refractivity contribution is 7.92. The lowest BCUT2D eigenvalue weighted by molar-refractivity contribution is 0.1000. The number of nitrogens with two attached hydrogens (primary N) is 1. The van der Waals surface area contributed by atoms with Crippen LogP contribution >= 0.6 is 11.3 Å². The van der Waals surface area contributed by atoms with Crippen molar-refractivity contribution in [2.75, 3.05) is 10.0 Å². The monoisotopic (exact) mass is 469 g/mol. The summed E-state index contributed by atoms with van der Waals surface area (Å²) in [6.07, 6.45) is 2.54. The van der Waals surface area contributed by atoms with Gasteiger partial charge in [0.1, 0.15) is 5.00 Å². The topological polar surface area (TPSA) is 118 Å². The van der Waals surface area contributed by atoms with Crippen molar-refractivity contribution in [3.63, 3.8) is 0 Å². The van der Waals surface area contributed by atoms with Gasteiger partial charge in [0.2, 0.25) is 0 Å². The highest BCUT2D eigenvalue weighted by atomic mass is 32.2. The largest absolute Gasteiger partial charge is 0.365 e. The molecule has 1 aliphatic carbocycles. The first-order valence-corrected chi connectivity index (χ1v) is 12.5. The molecule has 7 nitrogen and oxygen atoms in total. The van der Waals surface area contributed by atoms with E-state index in [1.807, 2.05) is 0 Å². The molecule has 0 saturated carbocycles. The minimum Gasteiger partial charge on any atom is -0.365 e. The molecule has 3 aromatic rings. The number of rotatable bonds is 6. The molecule has 1 heterocycles. The van der Waals surface area contributed by atoms with Gasteiger partial charge in [0, 0.05) is 4.88 Å². The molecule has 2 aromatic carbocycles. The zero-order valence-electron chi connectivity index (χ0n) is 17.4. The SMILES string of the molecule is CC1CCc2c(sc(NC(=O)c3ccccc3NS(=O)(=O)c3ccccc3)c2C(N)=O)C1. The molecular weight excluding hydrogens is 446 g/mol. The second kappa shape index (κ2) is 8.76. The number of hydrogen-bond donors (Lipinski definition) is 3. The Kier molecular flexibility index (Phi) is 6.03. The van der Waals surface area contributed by atoms with E-state index in [0.717, 1.165) is 29.7 Å². The third-order valence-corrected chi connectivity index (χ3v) is 8.01. The number of benzene rings is 2. The van der Waals surface area contributed by atoms with Crippen LogP contribution in [0.2, 0.25) is 0 Å². The number of nitrogens with one attached hydrogen (secondary N) is 2. The van der Waals surface area contributed by atoms with Crippen LogP contribution in [0.15, 0.2) is 59.5 Å². The van der Waals surface area contributed by atoms with Crippen LogP contribution in [-0.4, -0.2) is 20.2 Å². The van der Waals surface area contributed by atoms with E-state index in [-0.39, 0.29) is 16.1 Å². The highest BCUT2D eigenvalue weighted by Crippen LogP contribution is 2.39. The summed E-state index contributed by atoms with van der Waals surface area (Å²) in [6.45, 7) is 2.15. The van der Waals surface area contributed by atoms with Gasteiger partial charge in [0.25, 0.3) is 21.8 Å². The van der Waals surface area contributed by atoms with Crippen molar-refractivity contribution in [2.24, 2.45) is 11.7 Å². The quantitative estimate of drug-likeness (QED) is 0.505. The molecular formula is C23H23N3O4S2. The summed E-state index contributed by atoms with van der Waals surface area (Å²) in [5.41, 5.74) is 7.18. The number of fused-ring (bicyclic) bond motifs is 1. The van der Waals surface area contributed by atoms with Gasteiger partial charge in [-0.1, -0.05) is 37.3 Å². The molecule has 0 bridgehead atoms. The number of amides is 2. The molecule has 1 unspecified atom stereocenters. The molecule has 1 aromatic heterocycles. The number of thiophene rings is 1. The number of sulfonamides is 1. The molecule has 166 valence electrons. The Morgan fingerprint density at radius 2 is 1.75 bits per heavy atom. The van der Waals surface area contributed by atoms with Crippen LogP contribution in [0.25, 0.3) is 0 Å². The Morgan fingerprint density at radius 1 is 1.06 bits per heavy atom. The van der Waals surface area contributed by atoms with Gasteiger partial charge in [0.05, 0.1) is 21.7 Å². The number of para-hydroxylation sites is 1. The van der Waals surface area contributed by atoms with E-state index in [1.54, 1.807) is 30.3 Å². The minimum absolute atomic E-state index is 0.0891. The average molecular weight is 470 g/mol. The van der Waals surface area contributed by atoms with Gasteiger partial charge >= 0.3 is 0 Å². The molecule has 0 saturated heterocycles. The van der Waals surface area contributed by atoms with E-state index < -0.39 is 21.8 Å². The average Bonchev–Trinajstić information content (AvgIpc) is 3.11. The third-order valence-electron chi connectivity index (χ3n) is 5.45. The van der Waals surface area contributed by atoms with E-state index in [1.165, 1.54) is 35.6 Å². The Morgan fingerprint density at radius 3 is 2.47 bits per heavy atom. The lowest BCUT2D eigenvalue weighted by Gasteiger charge is -2.18. The van der Waals surface area contributed by atoms with Crippen molar-refractivity contribution in [3.8, 4) is 0 Å². The fourth-order valence-corrected chi connectivity index (χ4v) is 6.36. The lowest BCUT2D eigenvalue weighted by Crippen LogP contribution is -2.21. The summed E-state index contributed by atoms with van der Waals surface area (Å²) in [4.78, 5) is 26.4. The van der Waals surface area contributed by atoms with E-state index in [0.29, 0.717) is 16.5 Å². The summed E-state index contributed by atoms with van der Waals surface area (Å²) < 4.78 is 28.0. The first-order valence-electron chi connectivity index (χ1n) is 10.2. The second-order valence-electron chi connectivity index (χ2n) is 7.84. The van der Waals surface area contributed by atoms with Gasteiger partial charge in [-0.15, -0.1) is 11.3 Å². The highest BCUT2D eigenvalue weighted by Gasteiger charge is 2.28. The van der Waals surface area contributed by atoms with Crippen LogP contribution in [0, 0.1) is 5.92 Å². The summed E-state index contributed by atoms with van der Waals surface area (Å²) in [5.74, 6) is -0.602. The van der Waals surface area contributed by atoms with Crippen molar-refractivity contribution >= 4 is 43.9 Å². The van der Waals surface area contributed by atoms with Gasteiger partial charge in [-0.3, -0.25) is 14.3 Å². The third kappa shape index (κ3) is 4.39. The molecule has 4 N–H and O–H groups in total. The lowest BCUT2D eigenvalue weighted by atomic mass is 9.88. The van der Waals surface area contributed by atoms with Crippen molar-refractivity contribution in [1.82, 2.24) is 0 Å². The summed E-state index contributed by atoms with van der Waals surface area (Å²) in [5, 5.41) is 3.19. The van der Waals surface area contributed by atoms with Crippen molar-refractivity contribution in [2.45, 2.75) is 31.1 Å². The van der Waals surface area contributed by atoms with Gasteiger partial charge < -0.3 is 11.1 Å². The van der Waals surface area contributed by atoms with Crippen LogP contribution in [0.4, 0.5) is 10.7 Å². The van der Waals surface area contributed by atoms with Crippen LogP contribution in [-0.2, 0) is 22.9 Å². The zero-order valence-corrected chi connectivity index (χ0v) is 19.1. The molecule has 1 atom stereocenters. The predicted molar refractivity (Wildman–Crippen MR) is 126 cm³/mol. The van der Waals surface area contributed by atoms with Gasteiger partial charge in [0.15, 0.2) is 0 Å². The normalized spacial score (nSPS) is 15.6. The zero-order chi connectivity index (χ0) is 22.9. The Balaban J connectivity index is 1.64. The molecule has 2 amide bonds. The smallest absolute Gasteiger partial charge is 0.261 e. The van der Waals surface area contributed by atoms with Crippen LogP contribution in [0.5, 0.6) is 0 Å². The first-order chi connectivity index (χ1) is 15.3. The molecule has 0 aliphatic heterocycles. The Bertz CT molecular complexity index is 1280. The van der Waals surface area contributed by atoms with E-state index >= 15 is 0 Å². The van der Waals surface area contributed by atoms with E-state index in [4.69, 9.17) is 5.73 Å². The number of hydrogen-bond acceptors (Lipinski definition) is 5. The maximum Gasteiger partial charge on any atom is 0.261 e. The van der Waals surface area contributed by atoms with Crippen molar-refractivity contribution < 1.29 is 18.0 Å². The molecule has 9 heteroatoms. The minimum atomic E-state index is -3.87. The van der Waals surface area contributed by atoms with Gasteiger partial charge in [-0.05, 0) is 55.0 Å². The maximum atomic E-state index is 13.1. The summed E-state index contributed by atoms with van der Waals surface area (Å²) in [6, 6.07) is 14.2. The maximum absolute atomic E-state index is 13.1. The second-order valence-corrected chi connectivity index (χ2v) is 10.6. The predicted octanol–water partition coefficient (Wildman–Crippen LogP) is 4.02. The number of anilines is 2. The molecule has 4 rings (SSSR count). The van der Waals surface area contributed by atoms with Gasteiger partial charge in [-0.2, -0.15) is 0 Å². The molecule has 0 fully saturated rings. The van der Waals surface area contributed by atoms with Crippen molar-refractivity contribution in [3.05, 3.63) is 76.2 Å².